The number of nitrogens with zero attached hydrogens (tertiary/aromatic N) is 5. The summed E-state index contributed by atoms with van der Waals surface area (Å²) < 4.78 is 3.58. The van der Waals surface area contributed by atoms with Crippen molar-refractivity contribution in [2.45, 2.75) is 20.0 Å². The fourth-order valence-electron chi connectivity index (χ4n) is 2.15. The summed E-state index contributed by atoms with van der Waals surface area (Å²) in [6.45, 7) is 3.38. The Morgan fingerprint density at radius 3 is 2.89 bits per heavy atom. The van der Waals surface area contributed by atoms with Crippen molar-refractivity contribution in [2.24, 2.45) is 0 Å². The highest BCUT2D eigenvalue weighted by atomic mass is 16.1. The van der Waals surface area contributed by atoms with Crippen molar-refractivity contribution in [3.05, 3.63) is 41.9 Å². The van der Waals surface area contributed by atoms with Gasteiger partial charge in [-0.3, -0.25) is 9.48 Å². The third-order valence-corrected chi connectivity index (χ3v) is 3.02. The quantitative estimate of drug-likeness (QED) is 0.663. The van der Waals surface area contributed by atoms with E-state index in [2.05, 4.69) is 22.3 Å². The lowest BCUT2D eigenvalue weighted by Crippen LogP contribution is -2.03. The van der Waals surface area contributed by atoms with Gasteiger partial charge in [0.15, 0.2) is 6.29 Å². The highest BCUT2D eigenvalue weighted by molar-refractivity contribution is 5.81. The molecule has 1 aromatic carbocycles. The standard InChI is InChI=1S/C13H13N5O/c1-2-18-13-6-4-3-5-11(13)12(15-18)8-17-7-10(9-19)14-16-17/h3-7,9H,2,8H2,1H3. The molecule has 3 aromatic rings. The van der Waals surface area contributed by atoms with Crippen molar-refractivity contribution in [3.63, 3.8) is 0 Å². The van der Waals surface area contributed by atoms with Gasteiger partial charge in [0.25, 0.3) is 0 Å². The van der Waals surface area contributed by atoms with Gasteiger partial charge in [0.05, 0.1) is 24.0 Å². The van der Waals surface area contributed by atoms with E-state index in [1.807, 2.05) is 28.9 Å². The van der Waals surface area contributed by atoms with Crippen molar-refractivity contribution in [1.82, 2.24) is 24.8 Å². The Morgan fingerprint density at radius 1 is 1.32 bits per heavy atom. The Kier molecular flexibility index (Phi) is 2.83. The molecule has 19 heavy (non-hydrogen) atoms. The van der Waals surface area contributed by atoms with Gasteiger partial charge >= 0.3 is 0 Å². The van der Waals surface area contributed by atoms with E-state index in [0.717, 1.165) is 23.1 Å². The van der Waals surface area contributed by atoms with E-state index in [1.54, 1.807) is 10.9 Å². The van der Waals surface area contributed by atoms with Crippen molar-refractivity contribution in [2.75, 3.05) is 0 Å². The van der Waals surface area contributed by atoms with Crippen molar-refractivity contribution < 1.29 is 4.79 Å². The molecule has 0 spiro atoms. The van der Waals surface area contributed by atoms with Crippen LogP contribution in [0.4, 0.5) is 0 Å². The van der Waals surface area contributed by atoms with Gasteiger partial charge in [-0.25, -0.2) is 4.68 Å². The number of carbonyl (C=O) groups excluding carboxylic acids is 1. The van der Waals surface area contributed by atoms with Crippen LogP contribution in [-0.4, -0.2) is 31.1 Å². The lowest BCUT2D eigenvalue weighted by molar-refractivity contribution is 0.111. The maximum atomic E-state index is 10.6. The topological polar surface area (TPSA) is 65.6 Å². The van der Waals surface area contributed by atoms with Gasteiger partial charge in [-0.2, -0.15) is 5.10 Å². The number of hydrogen-bond acceptors (Lipinski definition) is 4. The van der Waals surface area contributed by atoms with E-state index in [9.17, 15) is 4.79 Å². The van der Waals surface area contributed by atoms with Crippen LogP contribution in [0.2, 0.25) is 0 Å². The second kappa shape index (κ2) is 4.64. The van der Waals surface area contributed by atoms with Crippen LogP contribution in [0.3, 0.4) is 0 Å². The van der Waals surface area contributed by atoms with Gasteiger partial charge in [0.1, 0.15) is 5.69 Å². The van der Waals surface area contributed by atoms with Crippen LogP contribution in [0.5, 0.6) is 0 Å². The molecular weight excluding hydrogens is 242 g/mol. The van der Waals surface area contributed by atoms with Crippen molar-refractivity contribution >= 4 is 17.2 Å². The summed E-state index contributed by atoms with van der Waals surface area (Å²) in [6.07, 6.45) is 2.30. The molecule has 6 heteroatoms. The molecule has 2 heterocycles. The molecule has 0 amide bonds. The Hall–Kier alpha value is -2.50. The summed E-state index contributed by atoms with van der Waals surface area (Å²) in [6, 6.07) is 8.08. The molecule has 0 bridgehead atoms. The third-order valence-electron chi connectivity index (χ3n) is 3.02. The lowest BCUT2D eigenvalue weighted by atomic mass is 10.2. The lowest BCUT2D eigenvalue weighted by Gasteiger charge is -1.96. The summed E-state index contributed by atoms with van der Waals surface area (Å²) in [5.41, 5.74) is 2.37. The number of para-hydroxylation sites is 1. The minimum Gasteiger partial charge on any atom is -0.296 e. The van der Waals surface area contributed by atoms with Gasteiger partial charge in [-0.05, 0) is 13.0 Å². The Morgan fingerprint density at radius 2 is 2.16 bits per heavy atom. The van der Waals surface area contributed by atoms with E-state index in [-0.39, 0.29) is 0 Å². The first kappa shape index (κ1) is 11.6. The fraction of sp³-hybridized carbons (Fsp3) is 0.231. The Bertz CT molecular complexity index is 728. The zero-order valence-electron chi connectivity index (χ0n) is 10.5. The van der Waals surface area contributed by atoms with Crippen LogP contribution in [0.25, 0.3) is 10.9 Å². The van der Waals surface area contributed by atoms with Crippen molar-refractivity contribution in [3.8, 4) is 0 Å². The average Bonchev–Trinajstić information content (AvgIpc) is 3.04. The number of fused-ring (bicyclic) bond motifs is 1. The molecule has 0 radical (unpaired) electrons. The smallest absolute Gasteiger partial charge is 0.171 e. The Labute approximate surface area is 109 Å². The van der Waals surface area contributed by atoms with Gasteiger partial charge in [-0.15, -0.1) is 5.10 Å². The van der Waals surface area contributed by atoms with E-state index in [0.29, 0.717) is 18.5 Å². The molecule has 0 aliphatic heterocycles. The summed E-state index contributed by atoms with van der Waals surface area (Å²) in [5.74, 6) is 0. The maximum absolute atomic E-state index is 10.6. The van der Waals surface area contributed by atoms with Crippen LogP contribution in [0, 0.1) is 0 Å². The monoisotopic (exact) mass is 255 g/mol. The van der Waals surface area contributed by atoms with Gasteiger partial charge < -0.3 is 0 Å². The zero-order valence-corrected chi connectivity index (χ0v) is 10.5. The van der Waals surface area contributed by atoms with E-state index in [4.69, 9.17) is 0 Å². The molecule has 0 N–H and O–H groups in total. The van der Waals surface area contributed by atoms with Crippen LogP contribution in [0.15, 0.2) is 30.5 Å². The molecule has 0 unspecified atom stereocenters. The molecule has 2 aromatic heterocycles. The summed E-state index contributed by atoms with van der Waals surface area (Å²) in [5, 5.41) is 13.3. The molecule has 0 saturated heterocycles. The predicted octanol–water partition coefficient (Wildman–Crippen LogP) is 1.51. The normalized spacial score (nSPS) is 11.0. The second-order valence-electron chi connectivity index (χ2n) is 4.24. The highest BCUT2D eigenvalue weighted by Crippen LogP contribution is 2.18. The SMILES string of the molecule is CCn1nc(Cn2cc(C=O)nn2)c2ccccc21. The predicted molar refractivity (Wildman–Crippen MR) is 69.9 cm³/mol. The molecule has 0 fully saturated rings. The number of hydrogen-bond donors (Lipinski definition) is 0. The molecule has 3 rings (SSSR count). The molecule has 0 atom stereocenters. The summed E-state index contributed by atoms with van der Waals surface area (Å²) >= 11 is 0. The molecule has 96 valence electrons. The fourth-order valence-corrected chi connectivity index (χ4v) is 2.15. The van der Waals surface area contributed by atoms with Crippen LogP contribution < -0.4 is 0 Å². The third kappa shape index (κ3) is 2.01. The first-order chi connectivity index (χ1) is 9.31. The van der Waals surface area contributed by atoms with E-state index < -0.39 is 0 Å². The number of rotatable bonds is 4. The van der Waals surface area contributed by atoms with Gasteiger partial charge in [0.2, 0.25) is 0 Å². The van der Waals surface area contributed by atoms with Crippen molar-refractivity contribution in [1.29, 1.82) is 0 Å². The first-order valence-electron chi connectivity index (χ1n) is 6.11. The molecule has 0 aliphatic rings. The minimum atomic E-state index is 0.333. The number of aryl methyl sites for hydroxylation is 1. The van der Waals surface area contributed by atoms with Crippen LogP contribution >= 0.6 is 0 Å². The van der Waals surface area contributed by atoms with Crippen LogP contribution in [-0.2, 0) is 13.1 Å². The molecule has 0 aliphatic carbocycles. The molecular formula is C13H13N5O. The summed E-state index contributed by atoms with van der Waals surface area (Å²) in [7, 11) is 0. The minimum absolute atomic E-state index is 0.333. The zero-order chi connectivity index (χ0) is 13.2. The second-order valence-corrected chi connectivity index (χ2v) is 4.24. The largest absolute Gasteiger partial charge is 0.296 e. The number of aromatic nitrogens is 5. The number of benzene rings is 1. The molecule has 0 saturated carbocycles. The van der Waals surface area contributed by atoms with E-state index in [1.165, 1.54) is 0 Å². The maximum Gasteiger partial charge on any atom is 0.171 e. The number of aldehydes is 1. The van der Waals surface area contributed by atoms with Gasteiger partial charge in [0, 0.05) is 11.9 Å². The Balaban J connectivity index is 2.02. The molecule has 6 nitrogen and oxygen atoms in total. The van der Waals surface area contributed by atoms with Crippen LogP contribution in [0.1, 0.15) is 23.1 Å². The summed E-state index contributed by atoms with van der Waals surface area (Å²) in [4.78, 5) is 10.6. The average molecular weight is 255 g/mol. The van der Waals surface area contributed by atoms with E-state index >= 15 is 0 Å². The van der Waals surface area contributed by atoms with Gasteiger partial charge in [-0.1, -0.05) is 23.4 Å². The highest BCUT2D eigenvalue weighted by Gasteiger charge is 2.10. The number of carbonyl (C=O) groups is 1. The first-order valence-corrected chi connectivity index (χ1v) is 6.11.